The number of hydrogen-bond acceptors (Lipinski definition) is 4. The topological polar surface area (TPSA) is 44.8 Å². The molecule has 1 N–H and O–H groups in total. The third kappa shape index (κ3) is 4.79. The Morgan fingerprint density at radius 3 is 2.83 bits per heavy atom. The Bertz CT molecular complexity index is 517. The lowest BCUT2D eigenvalue weighted by Gasteiger charge is -2.40. The summed E-state index contributed by atoms with van der Waals surface area (Å²) in [7, 11) is 0. The maximum absolute atomic E-state index is 12.5. The maximum Gasteiger partial charge on any atom is 0.236 e. The molecule has 3 rings (SSSR count). The van der Waals surface area contributed by atoms with E-state index in [1.807, 2.05) is 11.0 Å². The first-order chi connectivity index (χ1) is 11.7. The number of hydrogen-bond donors (Lipinski definition) is 1. The van der Waals surface area contributed by atoms with Crippen molar-refractivity contribution in [3.8, 4) is 0 Å². The van der Waals surface area contributed by atoms with E-state index in [9.17, 15) is 4.79 Å². The number of ether oxygens (including phenoxy) is 1. The van der Waals surface area contributed by atoms with E-state index in [0.717, 1.165) is 52.2 Å². The fourth-order valence-corrected chi connectivity index (χ4v) is 3.64. The number of rotatable bonds is 6. The molecule has 0 aliphatic carbocycles. The molecule has 1 aromatic carbocycles. The highest BCUT2D eigenvalue weighted by Crippen LogP contribution is 2.14. The number of nitrogens with one attached hydrogen (secondary N) is 1. The first-order valence-corrected chi connectivity index (χ1v) is 9.10. The summed E-state index contributed by atoms with van der Waals surface area (Å²) < 4.78 is 5.58. The lowest BCUT2D eigenvalue weighted by molar-refractivity contribution is -0.134. The molecule has 0 bridgehead atoms. The van der Waals surface area contributed by atoms with E-state index in [-0.39, 0.29) is 18.1 Å². The highest BCUT2D eigenvalue weighted by atomic mass is 16.5. The summed E-state index contributed by atoms with van der Waals surface area (Å²) in [6.45, 7) is 7.87. The molecule has 0 radical (unpaired) electrons. The highest BCUT2D eigenvalue weighted by Gasteiger charge is 2.27. The zero-order valence-corrected chi connectivity index (χ0v) is 14.6. The second-order valence-electron chi connectivity index (χ2n) is 6.92. The van der Waals surface area contributed by atoms with E-state index < -0.39 is 0 Å². The van der Waals surface area contributed by atoms with Crippen molar-refractivity contribution in [1.82, 2.24) is 15.1 Å². The standard InChI is InChI=1S/C19H29N3O2/c1-16-14-21(15-17-6-3-2-4-7-17)9-10-22(16)19(23)13-20-12-18-8-5-11-24-18/h2-4,6-7,16,18,20H,5,8-15H2,1H3/t16-,18+/m0/s1. The van der Waals surface area contributed by atoms with Gasteiger partial charge in [0.15, 0.2) is 0 Å². The van der Waals surface area contributed by atoms with E-state index >= 15 is 0 Å². The Labute approximate surface area is 145 Å². The van der Waals surface area contributed by atoms with Crippen molar-refractivity contribution in [2.75, 3.05) is 39.3 Å². The maximum atomic E-state index is 12.5. The summed E-state index contributed by atoms with van der Waals surface area (Å²) in [5.41, 5.74) is 1.34. The van der Waals surface area contributed by atoms with Crippen LogP contribution in [0, 0.1) is 0 Å². The van der Waals surface area contributed by atoms with Crippen molar-refractivity contribution in [3.63, 3.8) is 0 Å². The third-order valence-electron chi connectivity index (χ3n) is 4.95. The molecule has 0 aromatic heterocycles. The summed E-state index contributed by atoms with van der Waals surface area (Å²) in [6.07, 6.45) is 2.54. The summed E-state index contributed by atoms with van der Waals surface area (Å²) in [5, 5.41) is 3.27. The van der Waals surface area contributed by atoms with Gasteiger partial charge in [-0.25, -0.2) is 0 Å². The smallest absolute Gasteiger partial charge is 0.236 e. The SMILES string of the molecule is C[C@H]1CN(Cc2ccccc2)CCN1C(=O)CNC[C@H]1CCCO1. The Kier molecular flexibility index (Phi) is 6.24. The van der Waals surface area contributed by atoms with Gasteiger partial charge in [0.2, 0.25) is 5.91 Å². The van der Waals surface area contributed by atoms with Gasteiger partial charge in [0.1, 0.15) is 0 Å². The van der Waals surface area contributed by atoms with Crippen LogP contribution in [0.3, 0.4) is 0 Å². The third-order valence-corrected chi connectivity index (χ3v) is 4.95. The predicted molar refractivity (Wildman–Crippen MR) is 94.7 cm³/mol. The van der Waals surface area contributed by atoms with Gasteiger partial charge in [-0.15, -0.1) is 0 Å². The van der Waals surface area contributed by atoms with Gasteiger partial charge in [-0.2, -0.15) is 0 Å². The molecule has 24 heavy (non-hydrogen) atoms. The minimum absolute atomic E-state index is 0.208. The van der Waals surface area contributed by atoms with Crippen LogP contribution in [0.5, 0.6) is 0 Å². The Morgan fingerprint density at radius 1 is 1.29 bits per heavy atom. The van der Waals surface area contributed by atoms with Gasteiger partial charge in [0, 0.05) is 45.4 Å². The van der Waals surface area contributed by atoms with Crippen LogP contribution in [0.25, 0.3) is 0 Å². The molecule has 0 spiro atoms. The predicted octanol–water partition coefficient (Wildman–Crippen LogP) is 1.49. The second kappa shape index (κ2) is 8.60. The van der Waals surface area contributed by atoms with Crippen molar-refractivity contribution in [3.05, 3.63) is 35.9 Å². The second-order valence-corrected chi connectivity index (χ2v) is 6.92. The van der Waals surface area contributed by atoms with Gasteiger partial charge in [-0.05, 0) is 25.3 Å². The molecule has 5 nitrogen and oxygen atoms in total. The van der Waals surface area contributed by atoms with Crippen molar-refractivity contribution in [1.29, 1.82) is 0 Å². The molecule has 0 unspecified atom stereocenters. The van der Waals surface area contributed by atoms with Crippen molar-refractivity contribution >= 4 is 5.91 Å². The minimum Gasteiger partial charge on any atom is -0.377 e. The fraction of sp³-hybridized carbons (Fsp3) is 0.632. The van der Waals surface area contributed by atoms with Crippen molar-refractivity contribution in [2.45, 2.75) is 38.5 Å². The molecule has 0 saturated carbocycles. The number of benzene rings is 1. The van der Waals surface area contributed by atoms with Crippen LogP contribution in [0.15, 0.2) is 30.3 Å². The van der Waals surface area contributed by atoms with Gasteiger partial charge in [0.05, 0.1) is 12.6 Å². The zero-order valence-electron chi connectivity index (χ0n) is 14.6. The zero-order chi connectivity index (χ0) is 16.8. The van der Waals surface area contributed by atoms with Gasteiger partial charge >= 0.3 is 0 Å². The van der Waals surface area contributed by atoms with E-state index in [4.69, 9.17) is 4.74 Å². The molecule has 132 valence electrons. The molecule has 1 amide bonds. The van der Waals surface area contributed by atoms with E-state index in [1.165, 1.54) is 5.56 Å². The number of nitrogens with zero attached hydrogens (tertiary/aromatic N) is 2. The van der Waals surface area contributed by atoms with Crippen LogP contribution in [0.1, 0.15) is 25.3 Å². The van der Waals surface area contributed by atoms with Gasteiger partial charge in [-0.3, -0.25) is 9.69 Å². The summed E-state index contributed by atoms with van der Waals surface area (Å²) in [6, 6.07) is 10.8. The molecule has 1 aromatic rings. The van der Waals surface area contributed by atoms with Crippen LogP contribution < -0.4 is 5.32 Å². The molecule has 2 saturated heterocycles. The first-order valence-electron chi connectivity index (χ1n) is 9.10. The van der Waals surface area contributed by atoms with E-state index in [2.05, 4.69) is 41.4 Å². The van der Waals surface area contributed by atoms with Crippen molar-refractivity contribution < 1.29 is 9.53 Å². The van der Waals surface area contributed by atoms with E-state index in [1.54, 1.807) is 0 Å². The normalized spacial score (nSPS) is 25.1. The van der Waals surface area contributed by atoms with Crippen LogP contribution in [-0.4, -0.2) is 67.2 Å². The Balaban J connectivity index is 1.40. The lowest BCUT2D eigenvalue weighted by Crippen LogP contribution is -2.55. The molecule has 5 heteroatoms. The lowest BCUT2D eigenvalue weighted by atomic mass is 10.1. The number of piperazine rings is 1. The molecule has 2 fully saturated rings. The average molecular weight is 331 g/mol. The Morgan fingerprint density at radius 2 is 2.12 bits per heavy atom. The molecular formula is C19H29N3O2. The average Bonchev–Trinajstić information content (AvgIpc) is 3.09. The van der Waals surface area contributed by atoms with Crippen LogP contribution in [0.4, 0.5) is 0 Å². The molecule has 2 aliphatic rings. The Hall–Kier alpha value is -1.43. The summed E-state index contributed by atoms with van der Waals surface area (Å²) >= 11 is 0. The van der Waals surface area contributed by atoms with Crippen molar-refractivity contribution in [2.24, 2.45) is 0 Å². The summed E-state index contributed by atoms with van der Waals surface area (Å²) in [5.74, 6) is 0.208. The number of amides is 1. The molecule has 2 heterocycles. The van der Waals surface area contributed by atoms with Gasteiger partial charge in [-0.1, -0.05) is 30.3 Å². The van der Waals surface area contributed by atoms with Gasteiger partial charge in [0.25, 0.3) is 0 Å². The quantitative estimate of drug-likeness (QED) is 0.858. The summed E-state index contributed by atoms with van der Waals surface area (Å²) in [4.78, 5) is 16.9. The fourth-order valence-electron chi connectivity index (χ4n) is 3.64. The number of carbonyl (C=O) groups excluding carboxylic acids is 1. The molecule has 2 atom stereocenters. The minimum atomic E-state index is 0.208. The van der Waals surface area contributed by atoms with E-state index in [0.29, 0.717) is 6.54 Å². The molecular weight excluding hydrogens is 302 g/mol. The van der Waals surface area contributed by atoms with Gasteiger partial charge < -0.3 is 15.0 Å². The van der Waals surface area contributed by atoms with Crippen LogP contribution >= 0.6 is 0 Å². The highest BCUT2D eigenvalue weighted by molar-refractivity contribution is 5.78. The first kappa shape index (κ1) is 17.4. The van der Waals surface area contributed by atoms with Crippen LogP contribution in [0.2, 0.25) is 0 Å². The monoisotopic (exact) mass is 331 g/mol. The number of carbonyl (C=O) groups is 1. The molecule has 2 aliphatic heterocycles. The van der Waals surface area contributed by atoms with Crippen LogP contribution in [-0.2, 0) is 16.1 Å². The largest absolute Gasteiger partial charge is 0.377 e.